The second-order valence-electron chi connectivity index (χ2n) is 14.2. The SMILES string of the molecule is CC(CCC(C(=O)OC1CC(C)(C)NC(C)(C)C1)C(C)CC(C)(C)C)CC(C)(C)C. The molecule has 1 fully saturated rings. The van der Waals surface area contributed by atoms with Crippen molar-refractivity contribution in [3.05, 3.63) is 0 Å². The minimum atomic E-state index is -0.0135. The van der Waals surface area contributed by atoms with E-state index in [-0.39, 0.29) is 34.5 Å². The van der Waals surface area contributed by atoms with Crippen molar-refractivity contribution < 1.29 is 9.53 Å². The van der Waals surface area contributed by atoms with Gasteiger partial charge in [-0.25, -0.2) is 0 Å². The van der Waals surface area contributed by atoms with Crippen molar-refractivity contribution in [1.82, 2.24) is 5.32 Å². The largest absolute Gasteiger partial charge is 0.462 e. The van der Waals surface area contributed by atoms with Crippen LogP contribution in [0.1, 0.15) is 122 Å². The van der Waals surface area contributed by atoms with Gasteiger partial charge in [0.1, 0.15) is 6.10 Å². The predicted molar refractivity (Wildman–Crippen MR) is 130 cm³/mol. The molecule has 30 heavy (non-hydrogen) atoms. The number of hydrogen-bond acceptors (Lipinski definition) is 3. The molecule has 1 aliphatic rings. The second-order valence-corrected chi connectivity index (χ2v) is 14.2. The van der Waals surface area contributed by atoms with Gasteiger partial charge in [0.25, 0.3) is 0 Å². The summed E-state index contributed by atoms with van der Waals surface area (Å²) in [5.41, 5.74) is 0.521. The highest BCUT2D eigenvalue weighted by molar-refractivity contribution is 5.73. The van der Waals surface area contributed by atoms with Gasteiger partial charge in [0.05, 0.1) is 5.92 Å². The fourth-order valence-corrected chi connectivity index (χ4v) is 5.92. The van der Waals surface area contributed by atoms with Crippen molar-refractivity contribution in [3.8, 4) is 0 Å². The summed E-state index contributed by atoms with van der Waals surface area (Å²) < 4.78 is 6.21. The molecule has 178 valence electrons. The number of carbonyl (C=O) groups is 1. The molecule has 3 unspecified atom stereocenters. The lowest BCUT2D eigenvalue weighted by Gasteiger charge is -2.46. The maximum Gasteiger partial charge on any atom is 0.309 e. The molecular weight excluding hydrogens is 370 g/mol. The molecule has 0 spiro atoms. The third kappa shape index (κ3) is 10.6. The third-order valence-electron chi connectivity index (χ3n) is 6.29. The van der Waals surface area contributed by atoms with Crippen molar-refractivity contribution in [1.29, 1.82) is 0 Å². The van der Waals surface area contributed by atoms with Gasteiger partial charge in [0.15, 0.2) is 0 Å². The highest BCUT2D eigenvalue weighted by Crippen LogP contribution is 2.36. The van der Waals surface area contributed by atoms with E-state index in [9.17, 15) is 4.79 Å². The van der Waals surface area contributed by atoms with Crippen LogP contribution in [0.15, 0.2) is 0 Å². The van der Waals surface area contributed by atoms with Crippen molar-refractivity contribution in [2.24, 2.45) is 28.6 Å². The van der Waals surface area contributed by atoms with E-state index in [4.69, 9.17) is 4.74 Å². The van der Waals surface area contributed by atoms with E-state index in [2.05, 4.69) is 88.4 Å². The Labute approximate surface area is 188 Å². The summed E-state index contributed by atoms with van der Waals surface area (Å²) in [5.74, 6) is 0.988. The van der Waals surface area contributed by atoms with Crippen LogP contribution in [0.5, 0.6) is 0 Å². The Kier molecular flexibility index (Phi) is 9.08. The normalized spacial score (nSPS) is 22.9. The smallest absolute Gasteiger partial charge is 0.309 e. The zero-order valence-electron chi connectivity index (χ0n) is 22.4. The Morgan fingerprint density at radius 3 is 1.80 bits per heavy atom. The summed E-state index contributed by atoms with van der Waals surface area (Å²) in [4.78, 5) is 13.4. The number of piperidine rings is 1. The molecule has 1 N–H and O–H groups in total. The molecule has 1 aliphatic heterocycles. The molecule has 3 nitrogen and oxygen atoms in total. The molecule has 0 aromatic rings. The van der Waals surface area contributed by atoms with E-state index >= 15 is 0 Å². The number of rotatable bonds is 8. The van der Waals surface area contributed by atoms with Crippen molar-refractivity contribution in [2.45, 2.75) is 139 Å². The Morgan fingerprint density at radius 1 is 0.900 bits per heavy atom. The minimum Gasteiger partial charge on any atom is -0.462 e. The Balaban J connectivity index is 2.88. The number of esters is 1. The van der Waals surface area contributed by atoms with Crippen molar-refractivity contribution >= 4 is 5.97 Å². The Morgan fingerprint density at radius 2 is 1.37 bits per heavy atom. The van der Waals surface area contributed by atoms with Crippen LogP contribution in [-0.4, -0.2) is 23.2 Å². The van der Waals surface area contributed by atoms with Gasteiger partial charge in [0.2, 0.25) is 0 Å². The molecule has 0 aliphatic carbocycles. The Bertz CT molecular complexity index is 534. The van der Waals surface area contributed by atoms with Gasteiger partial charge in [-0.3, -0.25) is 4.79 Å². The average molecular weight is 424 g/mol. The van der Waals surface area contributed by atoms with Crippen LogP contribution in [0.4, 0.5) is 0 Å². The molecule has 1 rings (SSSR count). The van der Waals surface area contributed by atoms with Gasteiger partial charge >= 0.3 is 5.97 Å². The summed E-state index contributed by atoms with van der Waals surface area (Å²) in [5, 5.41) is 3.69. The molecule has 0 aromatic heterocycles. The molecule has 3 atom stereocenters. The van der Waals surface area contributed by atoms with E-state index in [1.54, 1.807) is 0 Å². The summed E-state index contributed by atoms with van der Waals surface area (Å²) in [7, 11) is 0. The molecule has 3 heteroatoms. The van der Waals surface area contributed by atoms with E-state index in [0.717, 1.165) is 32.1 Å². The Hall–Kier alpha value is -0.570. The monoisotopic (exact) mass is 423 g/mol. The molecule has 0 radical (unpaired) electrons. The first-order valence-corrected chi connectivity index (χ1v) is 12.3. The molecule has 1 saturated heterocycles. The van der Waals surface area contributed by atoms with Crippen molar-refractivity contribution in [2.75, 3.05) is 0 Å². The zero-order chi connectivity index (χ0) is 23.5. The standard InChI is InChI=1S/C27H53NO2/c1-19(15-24(3,4)5)13-14-22(20(2)16-25(6,7)8)23(29)30-21-17-26(9,10)28-27(11,12)18-21/h19-22,28H,13-18H2,1-12H3. The van der Waals surface area contributed by atoms with Crippen LogP contribution in [-0.2, 0) is 9.53 Å². The average Bonchev–Trinajstić information content (AvgIpc) is 2.39. The molecule has 0 bridgehead atoms. The van der Waals surface area contributed by atoms with E-state index < -0.39 is 0 Å². The van der Waals surface area contributed by atoms with E-state index in [1.165, 1.54) is 6.42 Å². The first kappa shape index (κ1) is 27.5. The lowest BCUT2D eigenvalue weighted by Crippen LogP contribution is -2.59. The predicted octanol–water partition coefficient (Wildman–Crippen LogP) is 7.38. The van der Waals surface area contributed by atoms with Gasteiger partial charge in [-0.15, -0.1) is 0 Å². The highest BCUT2D eigenvalue weighted by Gasteiger charge is 2.40. The highest BCUT2D eigenvalue weighted by atomic mass is 16.5. The van der Waals surface area contributed by atoms with Gasteiger partial charge in [0, 0.05) is 23.9 Å². The summed E-state index contributed by atoms with van der Waals surface area (Å²) in [6.07, 6.45) is 6.02. The maximum absolute atomic E-state index is 13.4. The topological polar surface area (TPSA) is 38.3 Å². The fraction of sp³-hybridized carbons (Fsp3) is 0.963. The molecule has 0 saturated carbocycles. The van der Waals surface area contributed by atoms with Crippen molar-refractivity contribution in [3.63, 3.8) is 0 Å². The van der Waals surface area contributed by atoms with E-state index in [1.807, 2.05) is 0 Å². The van der Waals surface area contributed by atoms with Crippen LogP contribution in [0.25, 0.3) is 0 Å². The maximum atomic E-state index is 13.4. The number of nitrogens with one attached hydrogen (secondary N) is 1. The molecule has 1 heterocycles. The third-order valence-corrected chi connectivity index (χ3v) is 6.29. The second kappa shape index (κ2) is 9.92. The van der Waals surface area contributed by atoms with Gasteiger partial charge < -0.3 is 10.1 Å². The minimum absolute atomic E-state index is 0.0000790. The van der Waals surface area contributed by atoms with Crippen LogP contribution in [0, 0.1) is 28.6 Å². The van der Waals surface area contributed by atoms with Crippen LogP contribution in [0.2, 0.25) is 0 Å². The fourth-order valence-electron chi connectivity index (χ4n) is 5.92. The van der Waals surface area contributed by atoms with Gasteiger partial charge in [-0.2, -0.15) is 0 Å². The van der Waals surface area contributed by atoms with Crippen LogP contribution < -0.4 is 5.32 Å². The first-order valence-electron chi connectivity index (χ1n) is 12.3. The van der Waals surface area contributed by atoms with Gasteiger partial charge in [-0.05, 0) is 76.0 Å². The zero-order valence-corrected chi connectivity index (χ0v) is 22.4. The summed E-state index contributed by atoms with van der Waals surface area (Å²) in [6, 6.07) is 0. The molecule has 0 amide bonds. The molecule has 0 aromatic carbocycles. The summed E-state index contributed by atoms with van der Waals surface area (Å²) >= 11 is 0. The van der Waals surface area contributed by atoms with E-state index in [0.29, 0.717) is 17.3 Å². The van der Waals surface area contributed by atoms with Crippen LogP contribution in [0.3, 0.4) is 0 Å². The lowest BCUT2D eigenvalue weighted by molar-refractivity contribution is -0.160. The number of hydrogen-bond donors (Lipinski definition) is 1. The van der Waals surface area contributed by atoms with Crippen LogP contribution >= 0.6 is 0 Å². The number of carbonyl (C=O) groups excluding carboxylic acids is 1. The van der Waals surface area contributed by atoms with Gasteiger partial charge in [-0.1, -0.05) is 55.4 Å². The quantitative estimate of drug-likeness (QED) is 0.414. The lowest BCUT2D eigenvalue weighted by atomic mass is 9.76. The first-order chi connectivity index (χ1) is 13.3. The molecular formula is C27H53NO2. The number of ether oxygens (including phenoxy) is 1. The summed E-state index contributed by atoms with van der Waals surface area (Å²) in [6.45, 7) is 27.1.